The van der Waals surface area contributed by atoms with E-state index in [1.165, 1.54) is 0 Å². The molecule has 0 aliphatic heterocycles. The van der Waals surface area contributed by atoms with Crippen LogP contribution in [-0.2, 0) is 0 Å². The van der Waals surface area contributed by atoms with Crippen molar-refractivity contribution in [3.63, 3.8) is 0 Å². The molecule has 0 fully saturated rings. The summed E-state index contributed by atoms with van der Waals surface area (Å²) in [6, 6.07) is 15.9. The van der Waals surface area contributed by atoms with E-state index >= 15 is 0 Å². The highest BCUT2D eigenvalue weighted by Gasteiger charge is 2.18. The highest BCUT2D eigenvalue weighted by atomic mass is 79.9. The van der Waals surface area contributed by atoms with E-state index in [-0.39, 0.29) is 0 Å². The van der Waals surface area contributed by atoms with Crippen LogP contribution in [0, 0.1) is 0 Å². The number of hydrogen-bond acceptors (Lipinski definition) is 5. The van der Waals surface area contributed by atoms with E-state index in [0.717, 1.165) is 32.0 Å². The van der Waals surface area contributed by atoms with Crippen LogP contribution in [0.4, 0.5) is 0 Å². The van der Waals surface area contributed by atoms with Gasteiger partial charge in [0.25, 0.3) is 0 Å². The summed E-state index contributed by atoms with van der Waals surface area (Å²) >= 11 is 3.66. The second-order valence-corrected chi connectivity index (χ2v) is 6.83. The maximum absolute atomic E-state index is 6.02. The van der Waals surface area contributed by atoms with Gasteiger partial charge in [0.05, 0.1) is 22.8 Å². The minimum atomic E-state index is 0.509. The number of aromatic nitrogens is 4. The lowest BCUT2D eigenvalue weighted by Gasteiger charge is -2.11. The molecule has 0 unspecified atom stereocenters. The minimum Gasteiger partial charge on any atom is -0.495 e. The van der Waals surface area contributed by atoms with E-state index in [2.05, 4.69) is 37.2 Å². The predicted molar refractivity (Wildman–Crippen MR) is 106 cm³/mol. The second-order valence-electron chi connectivity index (χ2n) is 6.03. The van der Waals surface area contributed by atoms with Crippen molar-refractivity contribution in [1.82, 2.24) is 19.7 Å². The van der Waals surface area contributed by atoms with E-state index in [1.807, 2.05) is 47.0 Å². The van der Waals surface area contributed by atoms with Crippen LogP contribution in [0.25, 0.3) is 39.0 Å². The fraction of sp³-hybridized carbons (Fsp3) is 0.0500. The first-order valence-corrected chi connectivity index (χ1v) is 9.05. The van der Waals surface area contributed by atoms with E-state index in [4.69, 9.17) is 9.15 Å². The van der Waals surface area contributed by atoms with Crippen LogP contribution in [0.1, 0.15) is 0 Å². The standard InChI is InChI=1S/C20H13BrN4O2/c1-26-19-15(8-12-4-2-3-5-14(12)18(19)21)20-24-16-9-13(6-7-17(16)27-20)25-10-22-23-11-25/h2-11H,1H3. The van der Waals surface area contributed by atoms with Crippen LogP contribution in [0.2, 0.25) is 0 Å². The molecular formula is C20H13BrN4O2. The Kier molecular flexibility index (Phi) is 3.68. The van der Waals surface area contributed by atoms with Gasteiger partial charge in [-0.05, 0) is 51.0 Å². The Morgan fingerprint density at radius 1 is 1.04 bits per heavy atom. The van der Waals surface area contributed by atoms with Gasteiger partial charge in [0.1, 0.15) is 23.9 Å². The highest BCUT2D eigenvalue weighted by Crippen LogP contribution is 2.42. The van der Waals surface area contributed by atoms with Gasteiger partial charge in [-0.2, -0.15) is 0 Å². The van der Waals surface area contributed by atoms with Gasteiger partial charge in [0, 0.05) is 0 Å². The van der Waals surface area contributed by atoms with Crippen LogP contribution in [0.3, 0.4) is 0 Å². The highest BCUT2D eigenvalue weighted by molar-refractivity contribution is 9.10. The van der Waals surface area contributed by atoms with Crippen molar-refractivity contribution in [1.29, 1.82) is 0 Å². The van der Waals surface area contributed by atoms with Crippen molar-refractivity contribution in [3.05, 3.63) is 65.7 Å². The quantitative estimate of drug-likeness (QED) is 0.410. The molecule has 0 saturated heterocycles. The first-order chi connectivity index (χ1) is 13.2. The third-order valence-electron chi connectivity index (χ3n) is 4.46. The number of rotatable bonds is 3. The molecule has 0 bridgehead atoms. The van der Waals surface area contributed by atoms with E-state index < -0.39 is 0 Å². The maximum Gasteiger partial charge on any atom is 0.231 e. The lowest BCUT2D eigenvalue weighted by atomic mass is 10.1. The molecule has 7 heteroatoms. The number of methoxy groups -OCH3 is 1. The summed E-state index contributed by atoms with van der Waals surface area (Å²) < 4.78 is 14.4. The fourth-order valence-electron chi connectivity index (χ4n) is 3.17. The molecule has 0 aliphatic rings. The van der Waals surface area contributed by atoms with Crippen LogP contribution in [0.15, 0.2) is 70.1 Å². The summed E-state index contributed by atoms with van der Waals surface area (Å²) in [6.45, 7) is 0. The van der Waals surface area contributed by atoms with E-state index in [0.29, 0.717) is 17.2 Å². The monoisotopic (exact) mass is 420 g/mol. The second kappa shape index (κ2) is 6.21. The van der Waals surface area contributed by atoms with Crippen LogP contribution < -0.4 is 4.74 Å². The zero-order chi connectivity index (χ0) is 18.4. The average molecular weight is 421 g/mol. The van der Waals surface area contributed by atoms with Crippen molar-refractivity contribution in [2.45, 2.75) is 0 Å². The number of benzene rings is 3. The van der Waals surface area contributed by atoms with E-state index in [9.17, 15) is 0 Å². The zero-order valence-electron chi connectivity index (χ0n) is 14.3. The Bertz CT molecular complexity index is 1280. The molecule has 6 nitrogen and oxygen atoms in total. The summed E-state index contributed by atoms with van der Waals surface area (Å²) in [5.74, 6) is 1.20. The van der Waals surface area contributed by atoms with Gasteiger partial charge in [-0.15, -0.1) is 10.2 Å². The van der Waals surface area contributed by atoms with Gasteiger partial charge in [-0.25, -0.2) is 4.98 Å². The summed E-state index contributed by atoms with van der Waals surface area (Å²) in [7, 11) is 1.64. The summed E-state index contributed by atoms with van der Waals surface area (Å²) in [4.78, 5) is 4.69. The Balaban J connectivity index is 1.71. The Morgan fingerprint density at radius 3 is 2.67 bits per heavy atom. The largest absolute Gasteiger partial charge is 0.495 e. The molecule has 0 atom stereocenters. The molecule has 0 N–H and O–H groups in total. The third-order valence-corrected chi connectivity index (χ3v) is 5.25. The molecule has 0 radical (unpaired) electrons. The van der Waals surface area contributed by atoms with E-state index in [1.54, 1.807) is 19.8 Å². The lowest BCUT2D eigenvalue weighted by molar-refractivity contribution is 0.413. The van der Waals surface area contributed by atoms with Crippen LogP contribution in [-0.4, -0.2) is 26.9 Å². The minimum absolute atomic E-state index is 0.509. The molecule has 0 aliphatic carbocycles. The fourth-order valence-corrected chi connectivity index (χ4v) is 3.90. The normalized spacial score (nSPS) is 11.3. The number of fused-ring (bicyclic) bond motifs is 2. The van der Waals surface area contributed by atoms with Crippen LogP contribution >= 0.6 is 15.9 Å². The number of oxazole rings is 1. The predicted octanol–water partition coefficient (Wildman–Crippen LogP) is 5.00. The Hall–Kier alpha value is -3.19. The zero-order valence-corrected chi connectivity index (χ0v) is 15.8. The maximum atomic E-state index is 6.02. The Morgan fingerprint density at radius 2 is 1.85 bits per heavy atom. The molecule has 5 aromatic rings. The van der Waals surface area contributed by atoms with Crippen LogP contribution in [0.5, 0.6) is 5.75 Å². The molecule has 27 heavy (non-hydrogen) atoms. The van der Waals surface area contributed by atoms with Gasteiger partial charge in [0.15, 0.2) is 5.58 Å². The number of halogens is 1. The number of nitrogens with zero attached hydrogens (tertiary/aromatic N) is 4. The van der Waals surface area contributed by atoms with Gasteiger partial charge < -0.3 is 9.15 Å². The van der Waals surface area contributed by atoms with Gasteiger partial charge in [-0.3, -0.25) is 4.57 Å². The van der Waals surface area contributed by atoms with Gasteiger partial charge in [-0.1, -0.05) is 24.3 Å². The van der Waals surface area contributed by atoms with Crippen molar-refractivity contribution in [3.8, 4) is 22.9 Å². The SMILES string of the molecule is COc1c(-c2nc3cc(-n4cnnc4)ccc3o2)cc2ccccc2c1Br. The summed E-state index contributed by atoms with van der Waals surface area (Å²) in [5.41, 5.74) is 3.17. The topological polar surface area (TPSA) is 66.0 Å². The van der Waals surface area contributed by atoms with Crippen molar-refractivity contribution >= 4 is 37.8 Å². The smallest absolute Gasteiger partial charge is 0.231 e. The van der Waals surface area contributed by atoms with Gasteiger partial charge >= 0.3 is 0 Å². The Labute approximate surface area is 162 Å². The van der Waals surface area contributed by atoms with Crippen molar-refractivity contribution in [2.75, 3.05) is 7.11 Å². The molecule has 132 valence electrons. The molecule has 5 rings (SSSR count). The molecule has 2 heterocycles. The third kappa shape index (κ3) is 2.59. The first kappa shape index (κ1) is 16.0. The molecular weight excluding hydrogens is 408 g/mol. The molecule has 3 aromatic carbocycles. The summed E-state index contributed by atoms with van der Waals surface area (Å²) in [6.07, 6.45) is 3.29. The lowest BCUT2D eigenvalue weighted by Crippen LogP contribution is -1.91. The molecule has 0 saturated carbocycles. The number of ether oxygens (including phenoxy) is 1. The first-order valence-electron chi connectivity index (χ1n) is 8.26. The molecule has 0 amide bonds. The molecule has 2 aromatic heterocycles. The number of hydrogen-bond donors (Lipinski definition) is 0. The average Bonchev–Trinajstić information content (AvgIpc) is 3.37. The van der Waals surface area contributed by atoms with Gasteiger partial charge in [0.2, 0.25) is 5.89 Å². The van der Waals surface area contributed by atoms with Crippen molar-refractivity contribution in [2.24, 2.45) is 0 Å². The molecule has 0 spiro atoms. The summed E-state index contributed by atoms with van der Waals surface area (Å²) in [5, 5.41) is 9.83. The van der Waals surface area contributed by atoms with Crippen molar-refractivity contribution < 1.29 is 9.15 Å².